The van der Waals surface area contributed by atoms with Crippen molar-refractivity contribution in [2.75, 3.05) is 0 Å². The van der Waals surface area contributed by atoms with Gasteiger partial charge in [-0.1, -0.05) is 19.1 Å². The molecule has 16 heavy (non-hydrogen) atoms. The summed E-state index contributed by atoms with van der Waals surface area (Å²) in [5.41, 5.74) is 2.22. The largest absolute Gasteiger partial charge is 0.208 e. The number of nitrogens with zero attached hydrogens (tertiary/aromatic N) is 3. The van der Waals surface area contributed by atoms with E-state index < -0.39 is 0 Å². The summed E-state index contributed by atoms with van der Waals surface area (Å²) in [5, 5.41) is 9.28. The van der Waals surface area contributed by atoms with E-state index in [-0.39, 0.29) is 0 Å². The monoisotopic (exact) mass is 232 g/mol. The molecule has 0 aliphatic carbocycles. The fourth-order valence-corrected chi connectivity index (χ4v) is 1.95. The molecular weight excluding hydrogens is 218 g/mol. The second kappa shape index (κ2) is 4.99. The van der Waals surface area contributed by atoms with Crippen LogP contribution in [0.15, 0.2) is 46.8 Å². The van der Waals surface area contributed by atoms with Crippen molar-refractivity contribution in [1.29, 1.82) is 0 Å². The third-order valence-corrected chi connectivity index (χ3v) is 3.09. The lowest BCUT2D eigenvalue weighted by atomic mass is 10.2. The zero-order valence-corrected chi connectivity index (χ0v) is 10.2. The molecule has 0 aliphatic rings. The first-order valence-electron chi connectivity index (χ1n) is 5.24. The molecule has 0 N–H and O–H groups in total. The lowest BCUT2D eigenvalue weighted by molar-refractivity contribution is -0.600. The van der Waals surface area contributed by atoms with Crippen molar-refractivity contribution in [2.45, 2.75) is 13.3 Å². The Bertz CT molecular complexity index is 485. The Morgan fingerprint density at radius 3 is 2.44 bits per heavy atom. The molecule has 0 atom stereocenters. The molecule has 0 saturated carbocycles. The molecule has 0 unspecified atom stereocenters. The van der Waals surface area contributed by atoms with E-state index in [2.05, 4.69) is 29.3 Å². The quantitative estimate of drug-likeness (QED) is 0.572. The van der Waals surface area contributed by atoms with E-state index in [9.17, 15) is 0 Å². The van der Waals surface area contributed by atoms with E-state index in [4.69, 9.17) is 0 Å². The topological polar surface area (TPSA) is 28.6 Å². The molecule has 0 radical (unpaired) electrons. The lowest BCUT2D eigenvalue weighted by Gasteiger charge is -1.95. The van der Waals surface area contributed by atoms with Gasteiger partial charge in [-0.25, -0.2) is 0 Å². The summed E-state index contributed by atoms with van der Waals surface area (Å²) < 4.78 is 1.99. The van der Waals surface area contributed by atoms with Crippen molar-refractivity contribution < 1.29 is 3.96 Å². The summed E-state index contributed by atoms with van der Waals surface area (Å²) in [4.78, 5) is 0. The molecule has 0 aliphatic heterocycles. The summed E-state index contributed by atoms with van der Waals surface area (Å²) >= 11 is 1.57. The van der Waals surface area contributed by atoms with Crippen molar-refractivity contribution in [3.05, 3.63) is 42.1 Å². The highest BCUT2D eigenvalue weighted by Crippen LogP contribution is 2.20. The number of azo groups is 1. The number of hydrogen-bond acceptors (Lipinski definition) is 3. The van der Waals surface area contributed by atoms with Crippen LogP contribution >= 0.6 is 11.5 Å². The summed E-state index contributed by atoms with van der Waals surface area (Å²) in [5.74, 6) is 0. The first-order valence-corrected chi connectivity index (χ1v) is 6.02. The summed E-state index contributed by atoms with van der Waals surface area (Å²) in [7, 11) is 1.99. The third-order valence-electron chi connectivity index (χ3n) is 2.27. The molecule has 0 amide bonds. The second-order valence-corrected chi connectivity index (χ2v) is 4.69. The minimum Gasteiger partial charge on any atom is -0.150 e. The smallest absolute Gasteiger partial charge is 0.150 e. The highest BCUT2D eigenvalue weighted by atomic mass is 32.1. The van der Waals surface area contributed by atoms with E-state index in [1.165, 1.54) is 5.56 Å². The molecule has 1 heterocycles. The van der Waals surface area contributed by atoms with Crippen LogP contribution in [-0.4, -0.2) is 0 Å². The Hall–Kier alpha value is -1.55. The zero-order valence-electron chi connectivity index (χ0n) is 9.42. The molecular formula is C12H14N3S+. The Morgan fingerprint density at radius 1 is 1.12 bits per heavy atom. The maximum Gasteiger partial charge on any atom is 0.208 e. The predicted octanol–water partition coefficient (Wildman–Crippen LogP) is 3.55. The highest BCUT2D eigenvalue weighted by Gasteiger charge is 2.00. The van der Waals surface area contributed by atoms with Gasteiger partial charge >= 0.3 is 0 Å². The van der Waals surface area contributed by atoms with Crippen LogP contribution in [0.3, 0.4) is 0 Å². The molecule has 0 bridgehead atoms. The van der Waals surface area contributed by atoms with E-state index >= 15 is 0 Å². The Kier molecular flexibility index (Phi) is 3.41. The molecule has 2 aromatic rings. The summed E-state index contributed by atoms with van der Waals surface area (Å²) in [6.45, 7) is 2.14. The Labute approximate surface area is 99.2 Å². The second-order valence-electron chi connectivity index (χ2n) is 3.51. The van der Waals surface area contributed by atoms with Gasteiger partial charge in [0.25, 0.3) is 0 Å². The van der Waals surface area contributed by atoms with Crippen molar-refractivity contribution >= 4 is 22.2 Å². The molecule has 0 spiro atoms. The zero-order chi connectivity index (χ0) is 11.4. The molecule has 2 rings (SSSR count). The average molecular weight is 232 g/mol. The molecule has 4 heteroatoms. The standard InChI is InChI=1S/C12H14N3S/c1-3-10-4-6-11(7-5-10)13-14-12-8-9-15(2)16-12/h4-9H,3H2,1-2H3/q+1. The van der Waals surface area contributed by atoms with Crippen LogP contribution in [0.4, 0.5) is 10.7 Å². The molecule has 0 saturated heterocycles. The van der Waals surface area contributed by atoms with Gasteiger partial charge < -0.3 is 0 Å². The summed E-state index contributed by atoms with van der Waals surface area (Å²) in [6, 6.07) is 10.1. The number of hydrogen-bond donors (Lipinski definition) is 0. The van der Waals surface area contributed by atoms with Gasteiger partial charge in [0.15, 0.2) is 24.8 Å². The average Bonchev–Trinajstić information content (AvgIpc) is 2.73. The minimum atomic E-state index is 0.897. The van der Waals surface area contributed by atoms with Crippen molar-refractivity contribution in [3.63, 3.8) is 0 Å². The van der Waals surface area contributed by atoms with Gasteiger partial charge in [-0.15, -0.1) is 14.2 Å². The lowest BCUT2D eigenvalue weighted by Crippen LogP contribution is -2.18. The first-order chi connectivity index (χ1) is 7.78. The van der Waals surface area contributed by atoms with Crippen LogP contribution in [0.5, 0.6) is 0 Å². The molecule has 3 nitrogen and oxygen atoms in total. The van der Waals surface area contributed by atoms with E-state index in [0.29, 0.717) is 0 Å². The fourth-order valence-electron chi connectivity index (χ4n) is 1.33. The molecule has 82 valence electrons. The van der Waals surface area contributed by atoms with Crippen LogP contribution in [0, 0.1) is 0 Å². The van der Waals surface area contributed by atoms with Gasteiger partial charge in [0.05, 0.1) is 5.69 Å². The van der Waals surface area contributed by atoms with Gasteiger partial charge in [0, 0.05) is 6.07 Å². The SMILES string of the molecule is CCc1ccc(N=Nc2cc[n+](C)s2)cc1. The van der Waals surface area contributed by atoms with Gasteiger partial charge in [0.1, 0.15) is 0 Å². The normalized spacial score (nSPS) is 11.1. The fraction of sp³-hybridized carbons (Fsp3) is 0.250. The Morgan fingerprint density at radius 2 is 1.88 bits per heavy atom. The first kappa shape index (κ1) is 11.0. The Balaban J connectivity index is 2.11. The third kappa shape index (κ3) is 2.73. The van der Waals surface area contributed by atoms with E-state index in [0.717, 1.165) is 17.1 Å². The van der Waals surface area contributed by atoms with E-state index in [1.807, 2.05) is 35.4 Å². The van der Waals surface area contributed by atoms with Crippen LogP contribution in [0.1, 0.15) is 12.5 Å². The molecule has 1 aromatic carbocycles. The maximum atomic E-state index is 4.19. The van der Waals surface area contributed by atoms with Crippen LogP contribution in [0.25, 0.3) is 0 Å². The van der Waals surface area contributed by atoms with Gasteiger partial charge in [-0.05, 0) is 24.1 Å². The van der Waals surface area contributed by atoms with Gasteiger partial charge in [-0.2, -0.15) is 0 Å². The van der Waals surface area contributed by atoms with Gasteiger partial charge in [0.2, 0.25) is 5.00 Å². The van der Waals surface area contributed by atoms with Crippen LogP contribution in [0.2, 0.25) is 0 Å². The summed E-state index contributed by atoms with van der Waals surface area (Å²) in [6.07, 6.45) is 3.03. The van der Waals surface area contributed by atoms with Crippen molar-refractivity contribution in [3.8, 4) is 0 Å². The van der Waals surface area contributed by atoms with E-state index in [1.54, 1.807) is 11.5 Å². The number of aromatic nitrogens is 1. The van der Waals surface area contributed by atoms with Crippen LogP contribution < -0.4 is 3.96 Å². The van der Waals surface area contributed by atoms with Gasteiger partial charge in [-0.3, -0.25) is 0 Å². The molecule has 1 aromatic heterocycles. The van der Waals surface area contributed by atoms with Crippen LogP contribution in [-0.2, 0) is 13.5 Å². The van der Waals surface area contributed by atoms with Crippen molar-refractivity contribution in [2.24, 2.45) is 17.3 Å². The molecule has 0 fully saturated rings. The predicted molar refractivity (Wildman–Crippen MR) is 65.5 cm³/mol. The maximum absolute atomic E-state index is 4.19. The number of benzene rings is 1. The minimum absolute atomic E-state index is 0.897. The highest BCUT2D eigenvalue weighted by molar-refractivity contribution is 7.05. The number of aryl methyl sites for hydroxylation is 2. The number of rotatable bonds is 3. The van der Waals surface area contributed by atoms with Crippen molar-refractivity contribution in [1.82, 2.24) is 0 Å².